The molecule has 0 aliphatic carbocycles. The third-order valence-corrected chi connectivity index (χ3v) is 3.09. The van der Waals surface area contributed by atoms with E-state index in [1.165, 1.54) is 12.1 Å². The molecule has 1 N–H and O–H groups in total. The molecular formula is C15H17FN2O2. The lowest BCUT2D eigenvalue weighted by Crippen LogP contribution is -2.07. The molecule has 0 radical (unpaired) electrons. The van der Waals surface area contributed by atoms with Crippen LogP contribution in [-0.4, -0.2) is 16.7 Å². The molecular weight excluding hydrogens is 259 g/mol. The van der Waals surface area contributed by atoms with Crippen molar-refractivity contribution in [2.24, 2.45) is 0 Å². The van der Waals surface area contributed by atoms with Crippen LogP contribution in [0.1, 0.15) is 42.8 Å². The Morgan fingerprint density at radius 2 is 2.20 bits per heavy atom. The van der Waals surface area contributed by atoms with Gasteiger partial charge in [-0.05, 0) is 29.7 Å². The van der Waals surface area contributed by atoms with Gasteiger partial charge in [0.05, 0.1) is 5.69 Å². The van der Waals surface area contributed by atoms with Crippen molar-refractivity contribution in [3.8, 4) is 0 Å². The van der Waals surface area contributed by atoms with Crippen LogP contribution in [0.25, 0.3) is 0 Å². The minimum atomic E-state index is -0.524. The number of nitrogens with one attached hydrogen (secondary N) is 1. The average molecular weight is 276 g/mol. The van der Waals surface area contributed by atoms with E-state index < -0.39 is 6.10 Å². The zero-order chi connectivity index (χ0) is 14.5. The third kappa shape index (κ3) is 3.44. The van der Waals surface area contributed by atoms with Crippen LogP contribution in [0.3, 0.4) is 0 Å². The Morgan fingerprint density at radius 3 is 2.80 bits per heavy atom. The summed E-state index contributed by atoms with van der Waals surface area (Å²) < 4.78 is 18.3. The van der Waals surface area contributed by atoms with Gasteiger partial charge >= 0.3 is 0 Å². The molecule has 0 amide bonds. The number of carbonyl (C=O) groups excluding carboxylic acids is 1. The molecule has 0 spiro atoms. The van der Waals surface area contributed by atoms with Crippen LogP contribution in [0.2, 0.25) is 0 Å². The molecule has 5 heteroatoms. The highest BCUT2D eigenvalue weighted by molar-refractivity contribution is 5.39. The first-order chi connectivity index (χ1) is 9.60. The highest BCUT2D eigenvalue weighted by Gasteiger charge is 2.16. The van der Waals surface area contributed by atoms with Gasteiger partial charge in [-0.15, -0.1) is 0 Å². The molecule has 0 saturated heterocycles. The quantitative estimate of drug-likeness (QED) is 0.825. The van der Waals surface area contributed by atoms with Crippen molar-refractivity contribution in [1.82, 2.24) is 10.2 Å². The molecule has 2 rings (SSSR count). The largest absolute Gasteiger partial charge is 0.459 e. The molecule has 1 aromatic heterocycles. The maximum absolute atomic E-state index is 13.3. The number of nitrogens with zero attached hydrogens (tertiary/aromatic N) is 1. The van der Waals surface area contributed by atoms with E-state index in [0.717, 1.165) is 11.4 Å². The normalized spacial score (nSPS) is 12.4. The van der Waals surface area contributed by atoms with Crippen molar-refractivity contribution in [2.75, 3.05) is 0 Å². The Bertz CT molecular complexity index is 581. The fraction of sp³-hybridized carbons (Fsp3) is 0.333. The molecule has 106 valence electrons. The van der Waals surface area contributed by atoms with E-state index >= 15 is 0 Å². The number of rotatable bonds is 6. The SMILES string of the molecule is CC(C)c1cc(CC(OC=O)c2cccc(F)c2)[nH]n1. The van der Waals surface area contributed by atoms with Crippen LogP contribution < -0.4 is 0 Å². The Hall–Kier alpha value is -2.17. The molecule has 0 aliphatic heterocycles. The Labute approximate surface area is 117 Å². The van der Waals surface area contributed by atoms with Crippen LogP contribution in [0.15, 0.2) is 30.3 Å². The summed E-state index contributed by atoms with van der Waals surface area (Å²) in [7, 11) is 0. The van der Waals surface area contributed by atoms with E-state index in [-0.39, 0.29) is 5.82 Å². The van der Waals surface area contributed by atoms with Gasteiger partial charge in [-0.3, -0.25) is 9.89 Å². The average Bonchev–Trinajstić information content (AvgIpc) is 2.87. The summed E-state index contributed by atoms with van der Waals surface area (Å²) in [6.07, 6.45) is -0.0919. The molecule has 1 atom stereocenters. The van der Waals surface area contributed by atoms with Gasteiger partial charge in [-0.25, -0.2) is 4.39 Å². The monoisotopic (exact) mass is 276 g/mol. The van der Waals surface area contributed by atoms with Crippen LogP contribution in [0.5, 0.6) is 0 Å². The summed E-state index contributed by atoms with van der Waals surface area (Å²) >= 11 is 0. The van der Waals surface area contributed by atoms with Crippen molar-refractivity contribution < 1.29 is 13.9 Å². The Morgan fingerprint density at radius 1 is 1.40 bits per heavy atom. The van der Waals surface area contributed by atoms with Crippen molar-refractivity contribution in [2.45, 2.75) is 32.3 Å². The number of hydrogen-bond donors (Lipinski definition) is 1. The van der Waals surface area contributed by atoms with E-state index in [1.807, 2.05) is 19.9 Å². The molecule has 1 unspecified atom stereocenters. The van der Waals surface area contributed by atoms with Crippen molar-refractivity contribution in [3.05, 3.63) is 53.1 Å². The van der Waals surface area contributed by atoms with E-state index in [9.17, 15) is 9.18 Å². The highest BCUT2D eigenvalue weighted by Crippen LogP contribution is 2.23. The second-order valence-electron chi connectivity index (χ2n) is 4.95. The van der Waals surface area contributed by atoms with E-state index in [4.69, 9.17) is 4.74 Å². The maximum atomic E-state index is 13.3. The van der Waals surface area contributed by atoms with Crippen LogP contribution in [0.4, 0.5) is 4.39 Å². The van der Waals surface area contributed by atoms with Gasteiger partial charge in [0.25, 0.3) is 6.47 Å². The van der Waals surface area contributed by atoms with Crippen molar-refractivity contribution in [3.63, 3.8) is 0 Å². The molecule has 4 nitrogen and oxygen atoms in total. The predicted octanol–water partition coefficient (Wildman–Crippen LogP) is 3.13. The summed E-state index contributed by atoms with van der Waals surface area (Å²) in [5.74, 6) is -0.0333. The van der Waals surface area contributed by atoms with Gasteiger partial charge in [0.2, 0.25) is 0 Å². The number of halogens is 1. The molecule has 0 saturated carbocycles. The lowest BCUT2D eigenvalue weighted by molar-refractivity contribution is -0.133. The number of aromatic amines is 1. The molecule has 0 fully saturated rings. The first-order valence-electron chi connectivity index (χ1n) is 6.49. The molecule has 20 heavy (non-hydrogen) atoms. The van der Waals surface area contributed by atoms with Gasteiger partial charge in [0.15, 0.2) is 0 Å². The van der Waals surface area contributed by atoms with E-state index in [1.54, 1.807) is 12.1 Å². The Kier molecular flexibility index (Phi) is 4.50. The molecule has 2 aromatic rings. The van der Waals surface area contributed by atoms with Crippen molar-refractivity contribution >= 4 is 6.47 Å². The zero-order valence-electron chi connectivity index (χ0n) is 11.5. The summed E-state index contributed by atoms with van der Waals surface area (Å²) in [6, 6.07) is 7.99. The molecule has 1 aromatic carbocycles. The van der Waals surface area contributed by atoms with Gasteiger partial charge in [-0.2, -0.15) is 5.10 Å². The lowest BCUT2D eigenvalue weighted by atomic mass is 10.0. The predicted molar refractivity (Wildman–Crippen MR) is 72.7 cm³/mol. The van der Waals surface area contributed by atoms with Crippen LogP contribution >= 0.6 is 0 Å². The van der Waals surface area contributed by atoms with Gasteiger partial charge in [-0.1, -0.05) is 26.0 Å². The summed E-state index contributed by atoms with van der Waals surface area (Å²) in [5, 5.41) is 7.12. The van der Waals surface area contributed by atoms with Crippen LogP contribution in [-0.2, 0) is 16.0 Å². The maximum Gasteiger partial charge on any atom is 0.293 e. The van der Waals surface area contributed by atoms with E-state index in [2.05, 4.69) is 10.2 Å². The second kappa shape index (κ2) is 6.32. The first kappa shape index (κ1) is 14.2. The molecule has 1 heterocycles. The van der Waals surface area contributed by atoms with Gasteiger partial charge < -0.3 is 4.74 Å². The zero-order valence-corrected chi connectivity index (χ0v) is 11.5. The standard InChI is InChI=1S/C15H17FN2O2/c1-10(2)14-7-13(17-18-14)8-15(20-9-19)11-4-3-5-12(16)6-11/h3-7,9-10,15H,8H2,1-2H3,(H,17,18). The van der Waals surface area contributed by atoms with Gasteiger partial charge in [0.1, 0.15) is 11.9 Å². The van der Waals surface area contributed by atoms with E-state index in [0.29, 0.717) is 24.4 Å². The summed E-state index contributed by atoms with van der Waals surface area (Å²) in [5.41, 5.74) is 2.42. The fourth-order valence-corrected chi connectivity index (χ4v) is 2.00. The number of benzene rings is 1. The minimum Gasteiger partial charge on any atom is -0.459 e. The minimum absolute atomic E-state index is 0.319. The summed E-state index contributed by atoms with van der Waals surface area (Å²) in [6.45, 7) is 4.48. The number of aromatic nitrogens is 2. The second-order valence-corrected chi connectivity index (χ2v) is 4.95. The Balaban J connectivity index is 2.18. The molecule has 0 bridgehead atoms. The number of carbonyl (C=O) groups is 1. The first-order valence-corrected chi connectivity index (χ1v) is 6.49. The topological polar surface area (TPSA) is 55.0 Å². The third-order valence-electron chi connectivity index (χ3n) is 3.09. The lowest BCUT2D eigenvalue weighted by Gasteiger charge is -2.14. The molecule has 0 aliphatic rings. The smallest absolute Gasteiger partial charge is 0.293 e. The van der Waals surface area contributed by atoms with Crippen LogP contribution in [0, 0.1) is 5.82 Å². The highest BCUT2D eigenvalue weighted by atomic mass is 19.1. The number of H-pyrrole nitrogens is 1. The van der Waals surface area contributed by atoms with Crippen molar-refractivity contribution in [1.29, 1.82) is 0 Å². The van der Waals surface area contributed by atoms with Gasteiger partial charge in [0, 0.05) is 12.1 Å². The number of ether oxygens (including phenoxy) is 1. The summed E-state index contributed by atoms with van der Waals surface area (Å²) in [4.78, 5) is 10.6. The number of hydrogen-bond acceptors (Lipinski definition) is 3. The fourth-order valence-electron chi connectivity index (χ4n) is 2.00.